The first-order chi connectivity index (χ1) is 6.70. The van der Waals surface area contributed by atoms with E-state index < -0.39 is 0 Å². The van der Waals surface area contributed by atoms with Crippen molar-refractivity contribution in [3.8, 4) is 0 Å². The van der Waals surface area contributed by atoms with E-state index in [1.165, 1.54) is 0 Å². The minimum absolute atomic E-state index is 0. The van der Waals surface area contributed by atoms with Crippen LogP contribution in [0.25, 0.3) is 0 Å². The minimum Gasteiger partial charge on any atom is -0.379 e. The normalized spacial score (nSPS) is 18.5. The van der Waals surface area contributed by atoms with Gasteiger partial charge in [0.2, 0.25) is 5.91 Å². The highest BCUT2D eigenvalue weighted by molar-refractivity contribution is 5.77. The number of carbonyl (C=O) groups excluding carboxylic acids is 1. The molecule has 0 aliphatic carbocycles. The van der Waals surface area contributed by atoms with Crippen LogP contribution in [0.4, 0.5) is 0 Å². The molecule has 1 aliphatic heterocycles. The van der Waals surface area contributed by atoms with Crippen molar-refractivity contribution in [1.29, 1.82) is 0 Å². The molecule has 0 aromatic heterocycles. The minimum atomic E-state index is 0. The van der Waals surface area contributed by atoms with Crippen LogP contribution in [-0.2, 0) is 9.53 Å². The maximum absolute atomic E-state index is 11.2. The highest BCUT2D eigenvalue weighted by Crippen LogP contribution is 1.95. The summed E-state index contributed by atoms with van der Waals surface area (Å²) in [6.07, 6.45) is 0. The van der Waals surface area contributed by atoms with Gasteiger partial charge >= 0.3 is 0 Å². The summed E-state index contributed by atoms with van der Waals surface area (Å²) in [6, 6.07) is 0. The molecule has 1 rings (SSSR count). The molecule has 0 aromatic rings. The molecule has 0 bridgehead atoms. The summed E-state index contributed by atoms with van der Waals surface area (Å²) in [7, 11) is 0. The molecular formula is C10H22N2O2. The van der Waals surface area contributed by atoms with Crippen molar-refractivity contribution in [1.82, 2.24) is 10.2 Å². The number of hydrogen-bond donors (Lipinski definition) is 1. The van der Waals surface area contributed by atoms with Crippen LogP contribution in [-0.4, -0.2) is 50.2 Å². The Morgan fingerprint density at radius 3 is 2.71 bits per heavy atom. The second-order valence-electron chi connectivity index (χ2n) is 3.90. The molecule has 1 heterocycles. The number of amides is 1. The van der Waals surface area contributed by atoms with Gasteiger partial charge in [0.1, 0.15) is 0 Å². The summed E-state index contributed by atoms with van der Waals surface area (Å²) >= 11 is 0. The van der Waals surface area contributed by atoms with Gasteiger partial charge in [-0.05, 0) is 0 Å². The highest BCUT2D eigenvalue weighted by atomic mass is 16.5. The lowest BCUT2D eigenvalue weighted by Gasteiger charge is -2.26. The number of nitrogens with zero attached hydrogens (tertiary/aromatic N) is 1. The van der Waals surface area contributed by atoms with Gasteiger partial charge in [-0.2, -0.15) is 0 Å². The first-order valence-corrected chi connectivity index (χ1v) is 5.28. The van der Waals surface area contributed by atoms with E-state index in [0.29, 0.717) is 0 Å². The fourth-order valence-electron chi connectivity index (χ4n) is 1.37. The van der Waals surface area contributed by atoms with E-state index in [1.807, 2.05) is 13.8 Å². The van der Waals surface area contributed by atoms with Crippen molar-refractivity contribution in [2.75, 3.05) is 39.4 Å². The van der Waals surface area contributed by atoms with Crippen LogP contribution in [0, 0.1) is 5.92 Å². The van der Waals surface area contributed by atoms with Crippen LogP contribution in [0.2, 0.25) is 0 Å². The maximum atomic E-state index is 11.2. The van der Waals surface area contributed by atoms with E-state index in [0.717, 1.165) is 39.4 Å². The topological polar surface area (TPSA) is 41.6 Å². The SMILES string of the molecule is CC(C)C(=O)NCCN1CCOCC1.[HH]. The molecule has 14 heavy (non-hydrogen) atoms. The zero-order valence-corrected chi connectivity index (χ0v) is 9.08. The Kier molecular flexibility index (Phi) is 4.90. The van der Waals surface area contributed by atoms with Gasteiger partial charge in [0.05, 0.1) is 13.2 Å². The number of rotatable bonds is 4. The number of hydrogen-bond acceptors (Lipinski definition) is 3. The average Bonchev–Trinajstić information content (AvgIpc) is 2.19. The van der Waals surface area contributed by atoms with Crippen LogP contribution >= 0.6 is 0 Å². The fraction of sp³-hybridized carbons (Fsp3) is 0.900. The quantitative estimate of drug-likeness (QED) is 0.714. The van der Waals surface area contributed by atoms with Crippen LogP contribution in [0.15, 0.2) is 0 Å². The molecule has 84 valence electrons. The lowest BCUT2D eigenvalue weighted by molar-refractivity contribution is -0.124. The lowest BCUT2D eigenvalue weighted by atomic mass is 10.2. The van der Waals surface area contributed by atoms with Crippen LogP contribution in [0.3, 0.4) is 0 Å². The predicted octanol–water partition coefficient (Wildman–Crippen LogP) is 0.337. The molecule has 0 unspecified atom stereocenters. The molecule has 4 nitrogen and oxygen atoms in total. The zero-order chi connectivity index (χ0) is 10.4. The van der Waals surface area contributed by atoms with Gasteiger partial charge < -0.3 is 10.1 Å². The molecule has 0 atom stereocenters. The predicted molar refractivity (Wildman–Crippen MR) is 57.2 cm³/mol. The Balaban J connectivity index is 0.00000196. The molecule has 1 amide bonds. The van der Waals surface area contributed by atoms with Crippen LogP contribution < -0.4 is 5.32 Å². The third kappa shape index (κ3) is 4.07. The molecule has 0 spiro atoms. The zero-order valence-electron chi connectivity index (χ0n) is 9.08. The van der Waals surface area contributed by atoms with E-state index in [2.05, 4.69) is 10.2 Å². The van der Waals surface area contributed by atoms with E-state index in [9.17, 15) is 4.79 Å². The van der Waals surface area contributed by atoms with Gasteiger partial charge in [-0.15, -0.1) is 0 Å². The number of carbonyl (C=O) groups is 1. The van der Waals surface area contributed by atoms with Gasteiger partial charge in [-0.25, -0.2) is 0 Å². The second kappa shape index (κ2) is 5.98. The van der Waals surface area contributed by atoms with Crippen molar-refractivity contribution >= 4 is 5.91 Å². The summed E-state index contributed by atoms with van der Waals surface area (Å²) in [4.78, 5) is 13.5. The first kappa shape index (κ1) is 11.5. The van der Waals surface area contributed by atoms with Crippen molar-refractivity contribution in [2.45, 2.75) is 13.8 Å². The molecule has 0 radical (unpaired) electrons. The highest BCUT2D eigenvalue weighted by Gasteiger charge is 2.10. The van der Waals surface area contributed by atoms with E-state index in [-0.39, 0.29) is 13.3 Å². The average molecular weight is 202 g/mol. The smallest absolute Gasteiger partial charge is 0.222 e. The monoisotopic (exact) mass is 202 g/mol. The van der Waals surface area contributed by atoms with Crippen molar-refractivity contribution < 1.29 is 11.0 Å². The largest absolute Gasteiger partial charge is 0.379 e. The third-order valence-corrected chi connectivity index (χ3v) is 2.36. The Morgan fingerprint density at radius 1 is 1.50 bits per heavy atom. The van der Waals surface area contributed by atoms with Gasteiger partial charge in [0, 0.05) is 33.5 Å². The summed E-state index contributed by atoms with van der Waals surface area (Å²) in [5.74, 6) is 0.220. The first-order valence-electron chi connectivity index (χ1n) is 5.28. The van der Waals surface area contributed by atoms with E-state index in [4.69, 9.17) is 4.74 Å². The fourth-order valence-corrected chi connectivity index (χ4v) is 1.37. The third-order valence-electron chi connectivity index (χ3n) is 2.36. The molecule has 1 fully saturated rings. The Bertz CT molecular complexity index is 182. The maximum Gasteiger partial charge on any atom is 0.222 e. The molecule has 0 aromatic carbocycles. The number of nitrogens with one attached hydrogen (secondary N) is 1. The Labute approximate surface area is 87.1 Å². The molecule has 1 N–H and O–H groups in total. The Hall–Kier alpha value is -0.610. The van der Waals surface area contributed by atoms with E-state index >= 15 is 0 Å². The summed E-state index contributed by atoms with van der Waals surface area (Å²) in [5, 5.41) is 2.91. The number of morpholine rings is 1. The molecular weight excluding hydrogens is 180 g/mol. The van der Waals surface area contributed by atoms with Crippen molar-refractivity contribution in [2.24, 2.45) is 5.92 Å². The van der Waals surface area contributed by atoms with Gasteiger partial charge in [0.25, 0.3) is 0 Å². The standard InChI is InChI=1S/C10H20N2O2.H2/c1-9(2)10(13)11-3-4-12-5-7-14-8-6-12;/h9H,3-8H2,1-2H3,(H,11,13);1H. The second-order valence-corrected chi connectivity index (χ2v) is 3.90. The van der Waals surface area contributed by atoms with Gasteiger partial charge in [-0.3, -0.25) is 9.69 Å². The Morgan fingerprint density at radius 2 is 2.14 bits per heavy atom. The molecule has 1 aliphatic rings. The van der Waals surface area contributed by atoms with Crippen LogP contribution in [0.5, 0.6) is 0 Å². The number of ether oxygens (including phenoxy) is 1. The van der Waals surface area contributed by atoms with Crippen molar-refractivity contribution in [3.05, 3.63) is 0 Å². The summed E-state index contributed by atoms with van der Waals surface area (Å²) in [5.41, 5.74) is 0. The summed E-state index contributed by atoms with van der Waals surface area (Å²) < 4.78 is 5.24. The van der Waals surface area contributed by atoms with Crippen LogP contribution in [0.1, 0.15) is 15.3 Å². The molecule has 4 heteroatoms. The van der Waals surface area contributed by atoms with Crippen molar-refractivity contribution in [3.63, 3.8) is 0 Å². The van der Waals surface area contributed by atoms with Gasteiger partial charge in [0.15, 0.2) is 0 Å². The summed E-state index contributed by atoms with van der Waals surface area (Å²) in [6.45, 7) is 9.10. The molecule has 0 saturated carbocycles. The lowest BCUT2D eigenvalue weighted by Crippen LogP contribution is -2.42. The molecule has 1 saturated heterocycles. The van der Waals surface area contributed by atoms with E-state index in [1.54, 1.807) is 0 Å². The van der Waals surface area contributed by atoms with Gasteiger partial charge in [-0.1, -0.05) is 13.8 Å².